The zero-order valence-electron chi connectivity index (χ0n) is 13.9. The fourth-order valence-electron chi connectivity index (χ4n) is 3.07. The molecule has 0 aliphatic carbocycles. The van der Waals surface area contributed by atoms with Crippen LogP contribution in [-0.4, -0.2) is 27.6 Å². The molecule has 1 saturated heterocycles. The number of carbonyl (C=O) groups is 1. The monoisotopic (exact) mass is 368 g/mol. The van der Waals surface area contributed by atoms with Crippen molar-refractivity contribution in [3.05, 3.63) is 65.5 Å². The Kier molecular flexibility index (Phi) is 4.58. The molecule has 2 heterocycles. The van der Waals surface area contributed by atoms with E-state index in [1.807, 2.05) is 42.5 Å². The van der Waals surface area contributed by atoms with Gasteiger partial charge in [0.25, 0.3) is 0 Å². The van der Waals surface area contributed by atoms with Crippen LogP contribution in [0.4, 0.5) is 10.5 Å². The number of nitrogens with one attached hydrogen (secondary N) is 1. The van der Waals surface area contributed by atoms with Gasteiger partial charge in [0.2, 0.25) is 11.7 Å². The Balaban J connectivity index is 1.51. The van der Waals surface area contributed by atoms with Crippen LogP contribution in [0.2, 0.25) is 5.02 Å². The van der Waals surface area contributed by atoms with E-state index < -0.39 is 0 Å². The van der Waals surface area contributed by atoms with E-state index in [1.54, 1.807) is 17.0 Å². The normalized spacial score (nSPS) is 16.7. The van der Waals surface area contributed by atoms with E-state index in [1.165, 1.54) is 0 Å². The van der Waals surface area contributed by atoms with Crippen LogP contribution in [0.5, 0.6) is 0 Å². The maximum absolute atomic E-state index is 12.6. The van der Waals surface area contributed by atoms with Crippen LogP contribution in [0.25, 0.3) is 11.4 Å². The SMILES string of the molecule is O=C(Nc1ccccc1)N1CCC[C@@H]1c1nc(-c2ccc(Cl)cc2)no1. The largest absolute Gasteiger partial charge is 0.337 e. The lowest BCUT2D eigenvalue weighted by Crippen LogP contribution is -2.34. The average Bonchev–Trinajstić information content (AvgIpc) is 3.32. The Bertz CT molecular complexity index is 895. The summed E-state index contributed by atoms with van der Waals surface area (Å²) in [6, 6.07) is 16.2. The van der Waals surface area contributed by atoms with Crippen LogP contribution in [0.1, 0.15) is 24.8 Å². The van der Waals surface area contributed by atoms with Crippen LogP contribution in [-0.2, 0) is 0 Å². The predicted octanol–water partition coefficient (Wildman–Crippen LogP) is 4.76. The fourth-order valence-corrected chi connectivity index (χ4v) is 3.20. The first-order valence-electron chi connectivity index (χ1n) is 8.43. The summed E-state index contributed by atoms with van der Waals surface area (Å²) in [5.74, 6) is 0.947. The van der Waals surface area contributed by atoms with Crippen molar-refractivity contribution in [1.29, 1.82) is 0 Å². The third kappa shape index (κ3) is 3.41. The standard InChI is InChI=1S/C19H17ClN4O2/c20-14-10-8-13(9-11-14)17-22-18(26-23-17)16-7-4-12-24(16)19(25)21-15-5-2-1-3-6-15/h1-3,5-6,8-11,16H,4,7,12H2,(H,21,25)/t16-/m1/s1. The van der Waals surface area contributed by atoms with Gasteiger partial charge in [0.1, 0.15) is 6.04 Å². The van der Waals surface area contributed by atoms with Gasteiger partial charge in [0.05, 0.1) is 0 Å². The Morgan fingerprint density at radius 3 is 2.69 bits per heavy atom. The van der Waals surface area contributed by atoms with Crippen molar-refractivity contribution in [2.75, 3.05) is 11.9 Å². The van der Waals surface area contributed by atoms with E-state index in [2.05, 4.69) is 15.5 Å². The summed E-state index contributed by atoms with van der Waals surface area (Å²) < 4.78 is 5.45. The van der Waals surface area contributed by atoms with Gasteiger partial charge in [-0.15, -0.1) is 0 Å². The van der Waals surface area contributed by atoms with E-state index in [4.69, 9.17) is 16.1 Å². The number of hydrogen-bond donors (Lipinski definition) is 1. The molecule has 1 aromatic heterocycles. The molecular weight excluding hydrogens is 352 g/mol. The number of carbonyl (C=O) groups excluding carboxylic acids is 1. The molecule has 1 aliphatic rings. The minimum Gasteiger partial charge on any atom is -0.337 e. The lowest BCUT2D eigenvalue weighted by molar-refractivity contribution is 0.193. The topological polar surface area (TPSA) is 71.3 Å². The molecule has 6 nitrogen and oxygen atoms in total. The number of hydrogen-bond acceptors (Lipinski definition) is 4. The van der Waals surface area contributed by atoms with Crippen LogP contribution in [0.15, 0.2) is 59.1 Å². The third-order valence-electron chi connectivity index (χ3n) is 4.37. The Morgan fingerprint density at radius 2 is 1.92 bits per heavy atom. The van der Waals surface area contributed by atoms with E-state index in [-0.39, 0.29) is 12.1 Å². The van der Waals surface area contributed by atoms with Gasteiger partial charge in [-0.2, -0.15) is 4.98 Å². The van der Waals surface area contributed by atoms with Crippen LogP contribution in [0, 0.1) is 0 Å². The fraction of sp³-hybridized carbons (Fsp3) is 0.211. The molecular formula is C19H17ClN4O2. The Labute approximate surface area is 155 Å². The molecule has 1 aliphatic heterocycles. The second kappa shape index (κ2) is 7.17. The van der Waals surface area contributed by atoms with Crippen molar-refractivity contribution in [3.63, 3.8) is 0 Å². The molecule has 2 amide bonds. The van der Waals surface area contributed by atoms with Gasteiger partial charge in [0.15, 0.2) is 0 Å². The first-order valence-corrected chi connectivity index (χ1v) is 8.81. The number of aromatic nitrogens is 2. The molecule has 0 bridgehead atoms. The molecule has 7 heteroatoms. The highest BCUT2D eigenvalue weighted by molar-refractivity contribution is 6.30. The summed E-state index contributed by atoms with van der Waals surface area (Å²) in [5.41, 5.74) is 1.58. The van der Waals surface area contributed by atoms with Gasteiger partial charge in [-0.25, -0.2) is 4.79 Å². The van der Waals surface area contributed by atoms with Crippen molar-refractivity contribution in [3.8, 4) is 11.4 Å². The molecule has 0 saturated carbocycles. The van der Waals surface area contributed by atoms with Crippen LogP contribution >= 0.6 is 11.6 Å². The highest BCUT2D eigenvalue weighted by atomic mass is 35.5. The number of halogens is 1. The first kappa shape index (κ1) is 16.6. The molecule has 1 N–H and O–H groups in total. The summed E-state index contributed by atoms with van der Waals surface area (Å²) in [4.78, 5) is 18.9. The summed E-state index contributed by atoms with van der Waals surface area (Å²) in [6.07, 6.45) is 1.69. The summed E-state index contributed by atoms with van der Waals surface area (Å²) >= 11 is 5.91. The van der Waals surface area contributed by atoms with Crippen molar-refractivity contribution < 1.29 is 9.32 Å². The van der Waals surface area contributed by atoms with Gasteiger partial charge in [0, 0.05) is 22.8 Å². The molecule has 0 radical (unpaired) electrons. The van der Waals surface area contributed by atoms with Gasteiger partial charge in [-0.1, -0.05) is 35.0 Å². The number of likely N-dealkylation sites (tertiary alicyclic amines) is 1. The number of nitrogens with zero attached hydrogens (tertiary/aromatic N) is 3. The van der Waals surface area contributed by atoms with E-state index >= 15 is 0 Å². The minimum atomic E-state index is -0.215. The quantitative estimate of drug-likeness (QED) is 0.723. The van der Waals surface area contributed by atoms with Gasteiger partial charge in [-0.3, -0.25) is 0 Å². The van der Waals surface area contributed by atoms with Gasteiger partial charge >= 0.3 is 6.03 Å². The zero-order valence-corrected chi connectivity index (χ0v) is 14.7. The number of anilines is 1. The predicted molar refractivity (Wildman–Crippen MR) is 98.9 cm³/mol. The number of rotatable bonds is 3. The molecule has 3 aromatic rings. The molecule has 1 fully saturated rings. The summed E-state index contributed by atoms with van der Waals surface area (Å²) in [6.45, 7) is 0.655. The molecule has 2 aromatic carbocycles. The van der Waals surface area contributed by atoms with E-state index in [9.17, 15) is 4.79 Å². The lowest BCUT2D eigenvalue weighted by Gasteiger charge is -2.22. The second-order valence-corrected chi connectivity index (χ2v) is 6.55. The highest BCUT2D eigenvalue weighted by Gasteiger charge is 2.34. The molecule has 0 spiro atoms. The Hall–Kier alpha value is -2.86. The smallest absolute Gasteiger partial charge is 0.322 e. The highest BCUT2D eigenvalue weighted by Crippen LogP contribution is 2.32. The number of benzene rings is 2. The second-order valence-electron chi connectivity index (χ2n) is 6.11. The molecule has 1 atom stereocenters. The van der Waals surface area contributed by atoms with Crippen molar-refractivity contribution >= 4 is 23.3 Å². The van der Waals surface area contributed by atoms with E-state index in [0.29, 0.717) is 23.3 Å². The average molecular weight is 369 g/mol. The van der Waals surface area contributed by atoms with Crippen molar-refractivity contribution in [2.45, 2.75) is 18.9 Å². The van der Waals surface area contributed by atoms with Crippen molar-refractivity contribution in [1.82, 2.24) is 15.0 Å². The minimum absolute atomic E-state index is 0.162. The van der Waals surface area contributed by atoms with Gasteiger partial charge in [-0.05, 0) is 49.2 Å². The van der Waals surface area contributed by atoms with Crippen molar-refractivity contribution in [2.24, 2.45) is 0 Å². The number of amides is 2. The van der Waals surface area contributed by atoms with Crippen LogP contribution in [0.3, 0.4) is 0 Å². The molecule has 4 rings (SSSR count). The maximum Gasteiger partial charge on any atom is 0.322 e. The van der Waals surface area contributed by atoms with E-state index in [0.717, 1.165) is 24.1 Å². The van der Waals surface area contributed by atoms with Gasteiger partial charge < -0.3 is 14.7 Å². The molecule has 26 heavy (non-hydrogen) atoms. The summed E-state index contributed by atoms with van der Waals surface area (Å²) in [7, 11) is 0. The van der Waals surface area contributed by atoms with Crippen LogP contribution < -0.4 is 5.32 Å². The number of para-hydroxylation sites is 1. The third-order valence-corrected chi connectivity index (χ3v) is 4.62. The first-order chi connectivity index (χ1) is 12.7. The maximum atomic E-state index is 12.6. The number of urea groups is 1. The molecule has 132 valence electrons. The lowest BCUT2D eigenvalue weighted by atomic mass is 10.2. The molecule has 0 unspecified atom stereocenters. The Morgan fingerprint density at radius 1 is 1.15 bits per heavy atom. The zero-order chi connectivity index (χ0) is 17.9. The summed E-state index contributed by atoms with van der Waals surface area (Å²) in [5, 5.41) is 7.61.